The van der Waals surface area contributed by atoms with Gasteiger partial charge in [0.05, 0.1) is 6.20 Å². The predicted octanol–water partition coefficient (Wildman–Crippen LogP) is 3.29. The number of nitrogens with one attached hydrogen (secondary N) is 1. The van der Waals surface area contributed by atoms with Crippen molar-refractivity contribution in [3.8, 4) is 0 Å². The summed E-state index contributed by atoms with van der Waals surface area (Å²) in [5, 5.41) is 8.02. The monoisotopic (exact) mass is 283 g/mol. The van der Waals surface area contributed by atoms with Gasteiger partial charge in [-0.25, -0.2) is 0 Å². The zero-order valence-corrected chi connectivity index (χ0v) is 13.1. The van der Waals surface area contributed by atoms with Crippen molar-refractivity contribution in [3.63, 3.8) is 0 Å². The third kappa shape index (κ3) is 3.18. The minimum Gasteiger partial charge on any atom is -0.310 e. The first-order valence-corrected chi connectivity index (χ1v) is 8.16. The van der Waals surface area contributed by atoms with E-state index in [1.54, 1.807) is 11.1 Å². The number of aryl methyl sites for hydroxylation is 3. The third-order valence-electron chi connectivity index (χ3n) is 4.43. The molecule has 0 amide bonds. The van der Waals surface area contributed by atoms with Crippen LogP contribution in [0.15, 0.2) is 30.6 Å². The lowest BCUT2D eigenvalue weighted by atomic mass is 9.97. The van der Waals surface area contributed by atoms with E-state index in [1.165, 1.54) is 30.4 Å². The molecule has 2 aromatic rings. The van der Waals surface area contributed by atoms with Crippen molar-refractivity contribution in [2.24, 2.45) is 0 Å². The van der Waals surface area contributed by atoms with Gasteiger partial charge in [0, 0.05) is 18.8 Å². The van der Waals surface area contributed by atoms with E-state index in [4.69, 9.17) is 0 Å². The summed E-state index contributed by atoms with van der Waals surface area (Å²) in [4.78, 5) is 0. The van der Waals surface area contributed by atoms with Crippen molar-refractivity contribution in [3.05, 3.63) is 52.8 Å². The molecule has 1 aliphatic rings. The van der Waals surface area contributed by atoms with Crippen LogP contribution in [0.25, 0.3) is 0 Å². The Morgan fingerprint density at radius 3 is 2.86 bits per heavy atom. The number of benzene rings is 1. The standard InChI is InChI=1S/C18H25N3/c1-3-19-18(10-14-12-20-21(4-2)13-14)17-9-8-15-6-5-7-16(15)11-17/h8-9,11-13,18-19H,3-7,10H2,1-2H3. The summed E-state index contributed by atoms with van der Waals surface area (Å²) in [6.45, 7) is 6.23. The van der Waals surface area contributed by atoms with Gasteiger partial charge in [-0.3, -0.25) is 4.68 Å². The maximum absolute atomic E-state index is 4.39. The molecule has 0 fully saturated rings. The summed E-state index contributed by atoms with van der Waals surface area (Å²) in [6, 6.07) is 7.44. The highest BCUT2D eigenvalue weighted by Crippen LogP contribution is 2.27. The van der Waals surface area contributed by atoms with E-state index in [0.717, 1.165) is 19.5 Å². The molecule has 1 N–H and O–H groups in total. The van der Waals surface area contributed by atoms with Crippen LogP contribution >= 0.6 is 0 Å². The van der Waals surface area contributed by atoms with Crippen molar-refractivity contribution in [2.45, 2.75) is 52.1 Å². The second kappa shape index (κ2) is 6.44. The molecule has 21 heavy (non-hydrogen) atoms. The van der Waals surface area contributed by atoms with Crippen LogP contribution in [0.5, 0.6) is 0 Å². The molecule has 3 nitrogen and oxygen atoms in total. The van der Waals surface area contributed by atoms with Crippen LogP contribution in [0.2, 0.25) is 0 Å². The number of aromatic nitrogens is 2. The zero-order chi connectivity index (χ0) is 14.7. The van der Waals surface area contributed by atoms with Gasteiger partial charge >= 0.3 is 0 Å². The van der Waals surface area contributed by atoms with Crippen LogP contribution in [0.4, 0.5) is 0 Å². The Morgan fingerprint density at radius 1 is 1.24 bits per heavy atom. The maximum atomic E-state index is 4.39. The number of rotatable bonds is 6. The van der Waals surface area contributed by atoms with Gasteiger partial charge in [-0.1, -0.05) is 25.1 Å². The smallest absolute Gasteiger partial charge is 0.0522 e. The summed E-state index contributed by atoms with van der Waals surface area (Å²) < 4.78 is 2.00. The molecule has 0 saturated heterocycles. The number of nitrogens with zero attached hydrogens (tertiary/aromatic N) is 2. The van der Waals surface area contributed by atoms with E-state index in [0.29, 0.717) is 6.04 Å². The fourth-order valence-corrected chi connectivity index (χ4v) is 3.28. The molecule has 0 spiro atoms. The van der Waals surface area contributed by atoms with Crippen LogP contribution in [0.3, 0.4) is 0 Å². The van der Waals surface area contributed by atoms with Gasteiger partial charge in [-0.15, -0.1) is 0 Å². The summed E-state index contributed by atoms with van der Waals surface area (Å²) in [5.74, 6) is 0. The topological polar surface area (TPSA) is 29.9 Å². The van der Waals surface area contributed by atoms with E-state index in [1.807, 2.05) is 10.9 Å². The molecule has 1 heterocycles. The van der Waals surface area contributed by atoms with Crippen LogP contribution in [0.1, 0.15) is 48.6 Å². The number of hydrogen-bond donors (Lipinski definition) is 1. The predicted molar refractivity (Wildman–Crippen MR) is 86.5 cm³/mol. The van der Waals surface area contributed by atoms with Gasteiger partial charge in [0.25, 0.3) is 0 Å². The number of likely N-dealkylation sites (N-methyl/N-ethyl adjacent to an activating group) is 1. The lowest BCUT2D eigenvalue weighted by Crippen LogP contribution is -2.23. The van der Waals surface area contributed by atoms with Crippen LogP contribution in [-0.4, -0.2) is 16.3 Å². The molecule has 1 aromatic heterocycles. The molecule has 3 heteroatoms. The molecule has 1 unspecified atom stereocenters. The highest BCUT2D eigenvalue weighted by Gasteiger charge is 2.16. The Balaban J connectivity index is 1.80. The fraction of sp³-hybridized carbons (Fsp3) is 0.500. The molecule has 0 aliphatic heterocycles. The largest absolute Gasteiger partial charge is 0.310 e. The van der Waals surface area contributed by atoms with E-state index in [9.17, 15) is 0 Å². The molecule has 0 radical (unpaired) electrons. The summed E-state index contributed by atoms with van der Waals surface area (Å²) in [6.07, 6.45) is 8.99. The van der Waals surface area contributed by atoms with Crippen molar-refractivity contribution >= 4 is 0 Å². The summed E-state index contributed by atoms with van der Waals surface area (Å²) in [5.41, 5.74) is 5.83. The van der Waals surface area contributed by atoms with Gasteiger partial charge in [-0.2, -0.15) is 5.10 Å². The molecule has 0 saturated carbocycles. The van der Waals surface area contributed by atoms with Crippen molar-refractivity contribution in [1.29, 1.82) is 0 Å². The molecular weight excluding hydrogens is 258 g/mol. The van der Waals surface area contributed by atoms with Crippen molar-refractivity contribution in [1.82, 2.24) is 15.1 Å². The van der Waals surface area contributed by atoms with Gasteiger partial charge in [0.1, 0.15) is 0 Å². The Bertz CT molecular complexity index is 600. The molecule has 0 bridgehead atoms. The molecular formula is C18H25N3. The molecule has 1 atom stereocenters. The Labute approximate surface area is 127 Å². The lowest BCUT2D eigenvalue weighted by Gasteiger charge is -2.18. The SMILES string of the molecule is CCNC(Cc1cnn(CC)c1)c1ccc2c(c1)CCC2. The first kappa shape index (κ1) is 14.3. The number of hydrogen-bond acceptors (Lipinski definition) is 2. The van der Waals surface area contributed by atoms with Crippen LogP contribution in [0, 0.1) is 0 Å². The average molecular weight is 283 g/mol. The van der Waals surface area contributed by atoms with E-state index in [-0.39, 0.29) is 0 Å². The van der Waals surface area contributed by atoms with Gasteiger partial charge in [0.15, 0.2) is 0 Å². The lowest BCUT2D eigenvalue weighted by molar-refractivity contribution is 0.549. The van der Waals surface area contributed by atoms with Gasteiger partial charge in [0.2, 0.25) is 0 Å². The van der Waals surface area contributed by atoms with Crippen LogP contribution < -0.4 is 5.32 Å². The van der Waals surface area contributed by atoms with E-state index >= 15 is 0 Å². The minimum atomic E-state index is 0.385. The minimum absolute atomic E-state index is 0.385. The first-order chi connectivity index (χ1) is 10.3. The van der Waals surface area contributed by atoms with Crippen molar-refractivity contribution < 1.29 is 0 Å². The molecule has 1 aliphatic carbocycles. The fourth-order valence-electron chi connectivity index (χ4n) is 3.28. The van der Waals surface area contributed by atoms with E-state index < -0.39 is 0 Å². The Hall–Kier alpha value is -1.61. The number of fused-ring (bicyclic) bond motifs is 1. The second-order valence-corrected chi connectivity index (χ2v) is 5.90. The average Bonchev–Trinajstić information content (AvgIpc) is 3.14. The molecule has 3 rings (SSSR count). The summed E-state index contributed by atoms with van der Waals surface area (Å²) >= 11 is 0. The Kier molecular flexibility index (Phi) is 4.39. The van der Waals surface area contributed by atoms with Gasteiger partial charge in [-0.05, 0) is 61.4 Å². The highest BCUT2D eigenvalue weighted by atomic mass is 15.3. The van der Waals surface area contributed by atoms with Crippen LogP contribution in [-0.2, 0) is 25.8 Å². The second-order valence-electron chi connectivity index (χ2n) is 5.90. The molecule has 112 valence electrons. The summed E-state index contributed by atoms with van der Waals surface area (Å²) in [7, 11) is 0. The highest BCUT2D eigenvalue weighted by molar-refractivity contribution is 5.37. The van der Waals surface area contributed by atoms with Gasteiger partial charge < -0.3 is 5.32 Å². The zero-order valence-electron chi connectivity index (χ0n) is 13.1. The first-order valence-electron chi connectivity index (χ1n) is 8.16. The quantitative estimate of drug-likeness (QED) is 0.881. The van der Waals surface area contributed by atoms with E-state index in [2.05, 4.69) is 48.7 Å². The van der Waals surface area contributed by atoms with Crippen molar-refractivity contribution in [2.75, 3.05) is 6.54 Å². The third-order valence-corrected chi connectivity index (χ3v) is 4.43. The normalized spacial score (nSPS) is 15.1. The molecule has 1 aromatic carbocycles. The maximum Gasteiger partial charge on any atom is 0.0522 e. The Morgan fingerprint density at radius 2 is 2.10 bits per heavy atom.